The minimum atomic E-state index is -3.54. The predicted molar refractivity (Wildman–Crippen MR) is 108 cm³/mol. The third kappa shape index (κ3) is 3.83. The average Bonchev–Trinajstić information content (AvgIpc) is 2.95. The molecule has 1 saturated heterocycles. The molecule has 1 amide bonds. The van der Waals surface area contributed by atoms with E-state index in [0.29, 0.717) is 31.7 Å². The molecule has 2 heterocycles. The summed E-state index contributed by atoms with van der Waals surface area (Å²) in [5, 5.41) is 0. The van der Waals surface area contributed by atoms with E-state index in [9.17, 15) is 13.2 Å². The van der Waals surface area contributed by atoms with Crippen LogP contribution in [-0.4, -0.2) is 54.3 Å². The summed E-state index contributed by atoms with van der Waals surface area (Å²) in [6.45, 7) is 8.22. The number of hydrogen-bond donors (Lipinski definition) is 0. The summed E-state index contributed by atoms with van der Waals surface area (Å²) in [5.41, 5.74) is 2.73. The number of amides is 1. The minimum Gasteiger partial charge on any atom is -0.349 e. The average molecular weight is 454 g/mol. The second-order valence-corrected chi connectivity index (χ2v) is 9.53. The van der Waals surface area contributed by atoms with Crippen LogP contribution >= 0.6 is 15.9 Å². The van der Waals surface area contributed by atoms with Gasteiger partial charge in [-0.2, -0.15) is 4.31 Å². The third-order valence-electron chi connectivity index (χ3n) is 5.10. The van der Waals surface area contributed by atoms with E-state index in [-0.39, 0.29) is 10.8 Å². The van der Waals surface area contributed by atoms with Crippen molar-refractivity contribution in [3.63, 3.8) is 0 Å². The number of sulfonamides is 1. The number of nitrogens with zero attached hydrogens (tertiary/aromatic N) is 3. The van der Waals surface area contributed by atoms with E-state index in [1.807, 2.05) is 19.9 Å². The Morgan fingerprint density at radius 3 is 2.19 bits per heavy atom. The SMILES string of the molecule is CCn1c(C)cc(C(=O)N2CCN(S(=O)(=O)c3ccc(Br)cc3)CC2)c1C. The van der Waals surface area contributed by atoms with Gasteiger partial charge in [-0.1, -0.05) is 15.9 Å². The van der Waals surface area contributed by atoms with Crippen LogP contribution in [0.5, 0.6) is 0 Å². The highest BCUT2D eigenvalue weighted by Gasteiger charge is 2.31. The predicted octanol–water partition coefficient (Wildman–Crippen LogP) is 3.03. The maximum absolute atomic E-state index is 12.9. The molecule has 1 aliphatic rings. The van der Waals surface area contributed by atoms with Gasteiger partial charge in [0.15, 0.2) is 0 Å². The van der Waals surface area contributed by atoms with Crippen LogP contribution in [0.3, 0.4) is 0 Å². The Morgan fingerprint density at radius 2 is 1.67 bits per heavy atom. The number of aromatic nitrogens is 1. The van der Waals surface area contributed by atoms with Gasteiger partial charge in [-0.3, -0.25) is 4.79 Å². The highest BCUT2D eigenvalue weighted by atomic mass is 79.9. The molecular formula is C19H24BrN3O3S. The normalized spacial score (nSPS) is 15.9. The maximum Gasteiger partial charge on any atom is 0.255 e. The van der Waals surface area contributed by atoms with Gasteiger partial charge in [0.2, 0.25) is 10.0 Å². The molecule has 146 valence electrons. The number of aryl methyl sites for hydroxylation is 1. The van der Waals surface area contributed by atoms with Gasteiger partial charge in [0.1, 0.15) is 0 Å². The van der Waals surface area contributed by atoms with E-state index < -0.39 is 10.0 Å². The van der Waals surface area contributed by atoms with Gasteiger partial charge < -0.3 is 9.47 Å². The Balaban J connectivity index is 1.72. The fraction of sp³-hybridized carbons (Fsp3) is 0.421. The zero-order valence-corrected chi connectivity index (χ0v) is 18.2. The van der Waals surface area contributed by atoms with E-state index >= 15 is 0 Å². The van der Waals surface area contributed by atoms with Crippen LogP contribution in [0, 0.1) is 13.8 Å². The Bertz CT molecular complexity index is 943. The lowest BCUT2D eigenvalue weighted by atomic mass is 10.2. The van der Waals surface area contributed by atoms with Gasteiger partial charge in [-0.25, -0.2) is 8.42 Å². The number of carbonyl (C=O) groups is 1. The number of piperazine rings is 1. The Kier molecular flexibility index (Phi) is 5.79. The van der Waals surface area contributed by atoms with E-state index in [1.165, 1.54) is 4.31 Å². The molecule has 3 rings (SSSR count). The second-order valence-electron chi connectivity index (χ2n) is 6.68. The van der Waals surface area contributed by atoms with Crippen LogP contribution in [0.1, 0.15) is 28.7 Å². The highest BCUT2D eigenvalue weighted by Crippen LogP contribution is 2.22. The third-order valence-corrected chi connectivity index (χ3v) is 7.54. The Hall–Kier alpha value is -1.64. The van der Waals surface area contributed by atoms with Gasteiger partial charge >= 0.3 is 0 Å². The molecule has 0 radical (unpaired) electrons. The van der Waals surface area contributed by atoms with Crippen molar-refractivity contribution < 1.29 is 13.2 Å². The van der Waals surface area contributed by atoms with Crippen molar-refractivity contribution in [2.75, 3.05) is 26.2 Å². The van der Waals surface area contributed by atoms with E-state index in [2.05, 4.69) is 27.4 Å². The van der Waals surface area contributed by atoms with Crippen molar-refractivity contribution in [1.82, 2.24) is 13.8 Å². The lowest BCUT2D eigenvalue weighted by molar-refractivity contribution is 0.0697. The van der Waals surface area contributed by atoms with Crippen LogP contribution in [0.15, 0.2) is 39.7 Å². The standard InChI is InChI=1S/C19H24BrN3O3S/c1-4-23-14(2)13-18(15(23)3)19(24)21-9-11-22(12-10-21)27(25,26)17-7-5-16(20)6-8-17/h5-8,13H,4,9-12H2,1-3H3. The van der Waals surface area contributed by atoms with Crippen LogP contribution in [0.2, 0.25) is 0 Å². The largest absolute Gasteiger partial charge is 0.349 e. The van der Waals surface area contributed by atoms with E-state index in [1.54, 1.807) is 29.2 Å². The molecule has 0 unspecified atom stereocenters. The van der Waals surface area contributed by atoms with E-state index in [0.717, 1.165) is 22.4 Å². The molecule has 0 aliphatic carbocycles. The van der Waals surface area contributed by atoms with Crippen LogP contribution in [-0.2, 0) is 16.6 Å². The lowest BCUT2D eigenvalue weighted by Gasteiger charge is -2.34. The van der Waals surface area contributed by atoms with Crippen LogP contribution in [0.4, 0.5) is 0 Å². The van der Waals surface area contributed by atoms with Gasteiger partial charge in [-0.15, -0.1) is 0 Å². The molecule has 6 nitrogen and oxygen atoms in total. The summed E-state index contributed by atoms with van der Waals surface area (Å²) in [4.78, 5) is 14.9. The first-order chi connectivity index (χ1) is 12.8. The Labute approximate surface area is 168 Å². The molecule has 0 saturated carbocycles. The first kappa shape index (κ1) is 20.1. The molecule has 8 heteroatoms. The highest BCUT2D eigenvalue weighted by molar-refractivity contribution is 9.10. The monoisotopic (exact) mass is 453 g/mol. The maximum atomic E-state index is 12.9. The number of benzene rings is 1. The first-order valence-electron chi connectivity index (χ1n) is 8.97. The van der Waals surface area contributed by atoms with E-state index in [4.69, 9.17) is 0 Å². The number of halogens is 1. The van der Waals surface area contributed by atoms with Crippen LogP contribution < -0.4 is 0 Å². The molecule has 1 aromatic heterocycles. The van der Waals surface area contributed by atoms with Gasteiger partial charge in [0.25, 0.3) is 5.91 Å². The molecule has 2 aromatic rings. The van der Waals surface area contributed by atoms with Crippen molar-refractivity contribution in [2.45, 2.75) is 32.2 Å². The summed E-state index contributed by atoms with van der Waals surface area (Å²) in [7, 11) is -3.54. The summed E-state index contributed by atoms with van der Waals surface area (Å²) in [5.74, 6) is -0.0245. The smallest absolute Gasteiger partial charge is 0.255 e. The Morgan fingerprint density at radius 1 is 1.07 bits per heavy atom. The van der Waals surface area contributed by atoms with Crippen LogP contribution in [0.25, 0.3) is 0 Å². The molecule has 27 heavy (non-hydrogen) atoms. The molecule has 0 N–H and O–H groups in total. The van der Waals surface area contributed by atoms with Crippen molar-refractivity contribution in [3.05, 3.63) is 51.8 Å². The fourth-order valence-corrected chi connectivity index (χ4v) is 5.25. The van der Waals surface area contributed by atoms with Crippen molar-refractivity contribution >= 4 is 31.9 Å². The summed E-state index contributed by atoms with van der Waals surface area (Å²) in [6, 6.07) is 8.55. The molecule has 0 atom stereocenters. The molecule has 1 fully saturated rings. The number of carbonyl (C=O) groups excluding carboxylic acids is 1. The first-order valence-corrected chi connectivity index (χ1v) is 11.2. The van der Waals surface area contributed by atoms with Gasteiger partial charge in [-0.05, 0) is 51.1 Å². The van der Waals surface area contributed by atoms with Crippen molar-refractivity contribution in [1.29, 1.82) is 0 Å². The minimum absolute atomic E-state index is 0.0245. The van der Waals surface area contributed by atoms with Gasteiger partial charge in [0.05, 0.1) is 10.5 Å². The van der Waals surface area contributed by atoms with Crippen molar-refractivity contribution in [2.24, 2.45) is 0 Å². The van der Waals surface area contributed by atoms with Gasteiger partial charge in [0, 0.05) is 48.6 Å². The topological polar surface area (TPSA) is 62.6 Å². The summed E-state index contributed by atoms with van der Waals surface area (Å²) < 4.78 is 30.0. The fourth-order valence-electron chi connectivity index (χ4n) is 3.56. The zero-order chi connectivity index (χ0) is 19.8. The number of rotatable bonds is 4. The summed E-state index contributed by atoms with van der Waals surface area (Å²) in [6.07, 6.45) is 0. The molecular weight excluding hydrogens is 430 g/mol. The number of hydrogen-bond acceptors (Lipinski definition) is 3. The summed E-state index contributed by atoms with van der Waals surface area (Å²) >= 11 is 3.32. The lowest BCUT2D eigenvalue weighted by Crippen LogP contribution is -2.50. The molecule has 0 spiro atoms. The molecule has 1 aliphatic heterocycles. The second kappa shape index (κ2) is 7.77. The zero-order valence-electron chi connectivity index (χ0n) is 15.8. The molecule has 0 bridgehead atoms. The quantitative estimate of drug-likeness (QED) is 0.714. The van der Waals surface area contributed by atoms with Crippen molar-refractivity contribution in [3.8, 4) is 0 Å². The molecule has 1 aromatic carbocycles.